The predicted molar refractivity (Wildman–Crippen MR) is 105 cm³/mol. The van der Waals surface area contributed by atoms with Gasteiger partial charge >= 0.3 is 0 Å². The molecule has 27 heavy (non-hydrogen) atoms. The van der Waals surface area contributed by atoms with Gasteiger partial charge in [0.25, 0.3) is 0 Å². The Morgan fingerprint density at radius 3 is 2.44 bits per heavy atom. The molecule has 5 rings (SSSR count). The predicted octanol–water partition coefficient (Wildman–Crippen LogP) is 6.61. The van der Waals surface area contributed by atoms with Gasteiger partial charge in [-0.3, -0.25) is 0 Å². The standard InChI is InChI=1S/C22H12ClFO3/c23-18-3-1-2-15-16-7-6-14(20(24)22(16)27-21(15)18)17-9-11-4-5-13(25)8-12(11)10-19(17)26/h1-10,25-26H. The summed E-state index contributed by atoms with van der Waals surface area (Å²) < 4.78 is 21.0. The fraction of sp³-hybridized carbons (Fsp3) is 0. The highest BCUT2D eigenvalue weighted by molar-refractivity contribution is 6.35. The second-order valence-electron chi connectivity index (χ2n) is 6.42. The molecule has 4 aromatic carbocycles. The van der Waals surface area contributed by atoms with E-state index < -0.39 is 5.82 Å². The molecule has 0 spiro atoms. The van der Waals surface area contributed by atoms with Crippen LogP contribution in [0.4, 0.5) is 4.39 Å². The van der Waals surface area contributed by atoms with Crippen LogP contribution in [0.25, 0.3) is 43.8 Å². The Bertz CT molecular complexity index is 1370. The van der Waals surface area contributed by atoms with E-state index >= 15 is 4.39 Å². The van der Waals surface area contributed by atoms with E-state index in [4.69, 9.17) is 16.0 Å². The molecule has 1 heterocycles. The maximum atomic E-state index is 15.3. The third kappa shape index (κ3) is 2.34. The molecule has 0 fully saturated rings. The number of phenolic OH excluding ortho intramolecular Hbond substituents is 2. The van der Waals surface area contributed by atoms with E-state index in [-0.39, 0.29) is 22.6 Å². The van der Waals surface area contributed by atoms with Gasteiger partial charge in [-0.15, -0.1) is 0 Å². The second kappa shape index (κ2) is 5.63. The van der Waals surface area contributed by atoms with Crippen LogP contribution in [-0.2, 0) is 0 Å². The fourth-order valence-electron chi connectivity index (χ4n) is 3.49. The largest absolute Gasteiger partial charge is 0.508 e. The molecule has 5 aromatic rings. The molecule has 0 amide bonds. The molecular weight excluding hydrogens is 367 g/mol. The SMILES string of the molecule is Oc1ccc2cc(-c3ccc4c(oc5c(Cl)cccc54)c3F)c(O)cc2c1. The number of para-hydroxylation sites is 1. The summed E-state index contributed by atoms with van der Waals surface area (Å²) in [7, 11) is 0. The third-order valence-corrected chi connectivity index (χ3v) is 5.08. The molecule has 0 radical (unpaired) electrons. The molecule has 132 valence electrons. The van der Waals surface area contributed by atoms with E-state index in [1.54, 1.807) is 48.5 Å². The van der Waals surface area contributed by atoms with Gasteiger partial charge in [0, 0.05) is 21.9 Å². The number of fused-ring (bicyclic) bond motifs is 4. The van der Waals surface area contributed by atoms with Gasteiger partial charge in [-0.1, -0.05) is 35.9 Å². The molecule has 0 atom stereocenters. The van der Waals surface area contributed by atoms with E-state index in [1.165, 1.54) is 6.07 Å². The summed E-state index contributed by atoms with van der Waals surface area (Å²) in [6.45, 7) is 0. The normalized spacial score (nSPS) is 11.6. The Morgan fingerprint density at radius 2 is 1.59 bits per heavy atom. The smallest absolute Gasteiger partial charge is 0.174 e. The third-order valence-electron chi connectivity index (χ3n) is 4.79. The van der Waals surface area contributed by atoms with E-state index in [2.05, 4.69) is 0 Å². The van der Waals surface area contributed by atoms with Crippen molar-refractivity contribution in [1.29, 1.82) is 0 Å². The maximum absolute atomic E-state index is 15.3. The Hall–Kier alpha value is -3.24. The molecule has 0 aliphatic heterocycles. The first-order chi connectivity index (χ1) is 13.0. The summed E-state index contributed by atoms with van der Waals surface area (Å²) in [5, 5.41) is 23.2. The quantitative estimate of drug-likeness (QED) is 0.345. The maximum Gasteiger partial charge on any atom is 0.174 e. The van der Waals surface area contributed by atoms with Gasteiger partial charge in [0.2, 0.25) is 0 Å². The average molecular weight is 379 g/mol. The first-order valence-corrected chi connectivity index (χ1v) is 8.66. The van der Waals surface area contributed by atoms with Crippen LogP contribution in [-0.4, -0.2) is 10.2 Å². The molecule has 0 saturated heterocycles. The molecule has 0 bridgehead atoms. The number of hydrogen-bond acceptors (Lipinski definition) is 3. The van der Waals surface area contributed by atoms with Crippen LogP contribution in [0.3, 0.4) is 0 Å². The van der Waals surface area contributed by atoms with Gasteiger partial charge in [0.1, 0.15) is 11.5 Å². The summed E-state index contributed by atoms with van der Waals surface area (Å²) in [5.41, 5.74) is 1.11. The Morgan fingerprint density at radius 1 is 0.778 bits per heavy atom. The topological polar surface area (TPSA) is 53.6 Å². The molecule has 0 aliphatic carbocycles. The van der Waals surface area contributed by atoms with Crippen molar-refractivity contribution in [3.63, 3.8) is 0 Å². The summed E-state index contributed by atoms with van der Waals surface area (Å²) in [4.78, 5) is 0. The van der Waals surface area contributed by atoms with Crippen molar-refractivity contribution in [3.05, 3.63) is 71.5 Å². The summed E-state index contributed by atoms with van der Waals surface area (Å²) in [5.74, 6) is -0.546. The number of furan rings is 1. The van der Waals surface area contributed by atoms with Crippen molar-refractivity contribution in [2.75, 3.05) is 0 Å². The first kappa shape index (κ1) is 16.0. The van der Waals surface area contributed by atoms with Crippen LogP contribution in [0.1, 0.15) is 0 Å². The zero-order chi connectivity index (χ0) is 18.7. The van der Waals surface area contributed by atoms with E-state index in [0.717, 1.165) is 10.8 Å². The first-order valence-electron chi connectivity index (χ1n) is 8.28. The van der Waals surface area contributed by atoms with Crippen LogP contribution < -0.4 is 0 Å². The van der Waals surface area contributed by atoms with Crippen molar-refractivity contribution in [2.45, 2.75) is 0 Å². The van der Waals surface area contributed by atoms with Gasteiger partial charge in [-0.25, -0.2) is 4.39 Å². The van der Waals surface area contributed by atoms with Crippen LogP contribution in [0.2, 0.25) is 5.02 Å². The molecule has 0 aliphatic rings. The minimum atomic E-state index is -0.562. The van der Waals surface area contributed by atoms with Gasteiger partial charge in [-0.05, 0) is 47.2 Å². The number of rotatable bonds is 1. The molecule has 1 aromatic heterocycles. The Kier molecular flexibility index (Phi) is 3.33. The Balaban J connectivity index is 1.80. The van der Waals surface area contributed by atoms with Gasteiger partial charge < -0.3 is 14.6 Å². The van der Waals surface area contributed by atoms with Crippen LogP contribution in [0, 0.1) is 5.82 Å². The highest BCUT2D eigenvalue weighted by atomic mass is 35.5. The minimum Gasteiger partial charge on any atom is -0.508 e. The average Bonchev–Trinajstić information content (AvgIpc) is 3.03. The summed E-state index contributed by atoms with van der Waals surface area (Å²) >= 11 is 6.16. The van der Waals surface area contributed by atoms with E-state index in [0.29, 0.717) is 26.9 Å². The van der Waals surface area contributed by atoms with Gasteiger partial charge in [0.15, 0.2) is 17.0 Å². The van der Waals surface area contributed by atoms with Crippen LogP contribution >= 0.6 is 11.6 Å². The van der Waals surface area contributed by atoms with Crippen LogP contribution in [0.15, 0.2) is 65.1 Å². The highest BCUT2D eigenvalue weighted by Gasteiger charge is 2.19. The number of aromatic hydroxyl groups is 2. The van der Waals surface area contributed by atoms with Crippen molar-refractivity contribution < 1.29 is 19.0 Å². The lowest BCUT2D eigenvalue weighted by Gasteiger charge is -2.09. The lowest BCUT2D eigenvalue weighted by atomic mass is 9.98. The second-order valence-corrected chi connectivity index (χ2v) is 6.83. The monoisotopic (exact) mass is 378 g/mol. The minimum absolute atomic E-state index is 0.0829. The zero-order valence-electron chi connectivity index (χ0n) is 13.8. The van der Waals surface area contributed by atoms with Gasteiger partial charge in [-0.2, -0.15) is 0 Å². The number of phenols is 2. The molecule has 5 heteroatoms. The van der Waals surface area contributed by atoms with Crippen molar-refractivity contribution in [1.82, 2.24) is 0 Å². The summed E-state index contributed by atoms with van der Waals surface area (Å²) in [6.07, 6.45) is 0. The molecule has 0 unspecified atom stereocenters. The lowest BCUT2D eigenvalue weighted by Crippen LogP contribution is -1.87. The molecule has 0 saturated carbocycles. The highest BCUT2D eigenvalue weighted by Crippen LogP contribution is 2.41. The van der Waals surface area contributed by atoms with E-state index in [9.17, 15) is 10.2 Å². The zero-order valence-corrected chi connectivity index (χ0v) is 14.6. The van der Waals surface area contributed by atoms with E-state index in [1.807, 2.05) is 6.07 Å². The van der Waals surface area contributed by atoms with Crippen molar-refractivity contribution >= 4 is 44.3 Å². The Labute approximate surface area is 157 Å². The molecule has 2 N–H and O–H groups in total. The molecular formula is C22H12ClFO3. The lowest BCUT2D eigenvalue weighted by molar-refractivity contribution is 0.475. The van der Waals surface area contributed by atoms with Gasteiger partial charge in [0.05, 0.1) is 5.02 Å². The number of benzene rings is 4. The number of hydrogen-bond donors (Lipinski definition) is 2. The fourth-order valence-corrected chi connectivity index (χ4v) is 3.70. The molecule has 3 nitrogen and oxygen atoms in total. The summed E-state index contributed by atoms with van der Waals surface area (Å²) in [6, 6.07) is 16.7. The van der Waals surface area contributed by atoms with Crippen molar-refractivity contribution in [2.24, 2.45) is 0 Å². The van der Waals surface area contributed by atoms with Crippen LogP contribution in [0.5, 0.6) is 11.5 Å². The van der Waals surface area contributed by atoms with Crippen molar-refractivity contribution in [3.8, 4) is 22.6 Å². The number of halogens is 2.